The molecule has 6 nitrogen and oxygen atoms in total. The first-order chi connectivity index (χ1) is 12.5. The van der Waals surface area contributed by atoms with E-state index in [0.29, 0.717) is 23.9 Å². The van der Waals surface area contributed by atoms with Gasteiger partial charge in [0.1, 0.15) is 5.75 Å². The lowest BCUT2D eigenvalue weighted by Gasteiger charge is -2.09. The van der Waals surface area contributed by atoms with E-state index >= 15 is 0 Å². The van der Waals surface area contributed by atoms with Crippen molar-refractivity contribution in [1.82, 2.24) is 5.43 Å². The second-order valence-electron chi connectivity index (χ2n) is 5.67. The molecule has 2 aromatic rings. The third-order valence-corrected chi connectivity index (χ3v) is 3.74. The molecule has 2 rings (SSSR count). The maximum Gasteiger partial charge on any atom is 0.277 e. The number of hydrazone groups is 1. The van der Waals surface area contributed by atoms with E-state index in [0.717, 1.165) is 11.1 Å². The Bertz CT molecular complexity index is 787. The number of rotatable bonds is 8. The minimum atomic E-state index is -0.336. The molecule has 0 radical (unpaired) electrons. The number of aryl methyl sites for hydroxylation is 2. The van der Waals surface area contributed by atoms with E-state index in [1.807, 2.05) is 45.0 Å². The summed E-state index contributed by atoms with van der Waals surface area (Å²) in [5.74, 6) is 1.60. The predicted molar refractivity (Wildman–Crippen MR) is 101 cm³/mol. The number of hydrogen-bond acceptors (Lipinski definition) is 5. The Morgan fingerprint density at radius 1 is 1.08 bits per heavy atom. The van der Waals surface area contributed by atoms with Crippen LogP contribution < -0.4 is 19.6 Å². The molecule has 0 aliphatic heterocycles. The van der Waals surface area contributed by atoms with E-state index in [4.69, 9.17) is 14.2 Å². The SMILES string of the molecule is CCOc1ccc(C=NNC(=O)COc2ccc(C)c(C)c2)cc1OC. The van der Waals surface area contributed by atoms with Gasteiger partial charge < -0.3 is 14.2 Å². The first-order valence-corrected chi connectivity index (χ1v) is 8.36. The maximum atomic E-state index is 11.8. The van der Waals surface area contributed by atoms with E-state index in [-0.39, 0.29) is 12.5 Å². The fourth-order valence-corrected chi connectivity index (χ4v) is 2.20. The summed E-state index contributed by atoms with van der Waals surface area (Å²) in [6.07, 6.45) is 1.53. The summed E-state index contributed by atoms with van der Waals surface area (Å²) in [6, 6.07) is 11.1. The van der Waals surface area contributed by atoms with Crippen LogP contribution in [0, 0.1) is 13.8 Å². The van der Waals surface area contributed by atoms with Crippen LogP contribution in [0.25, 0.3) is 0 Å². The first-order valence-electron chi connectivity index (χ1n) is 8.36. The zero-order chi connectivity index (χ0) is 18.9. The summed E-state index contributed by atoms with van der Waals surface area (Å²) in [4.78, 5) is 11.8. The van der Waals surface area contributed by atoms with Gasteiger partial charge in [-0.2, -0.15) is 5.10 Å². The van der Waals surface area contributed by atoms with Crippen LogP contribution in [-0.2, 0) is 4.79 Å². The van der Waals surface area contributed by atoms with Crippen molar-refractivity contribution in [1.29, 1.82) is 0 Å². The van der Waals surface area contributed by atoms with Crippen LogP contribution in [0.15, 0.2) is 41.5 Å². The van der Waals surface area contributed by atoms with Gasteiger partial charge >= 0.3 is 0 Å². The van der Waals surface area contributed by atoms with Gasteiger partial charge in [-0.15, -0.1) is 0 Å². The van der Waals surface area contributed by atoms with Crippen molar-refractivity contribution < 1.29 is 19.0 Å². The average Bonchev–Trinajstić information content (AvgIpc) is 2.64. The molecule has 1 amide bonds. The number of carbonyl (C=O) groups excluding carboxylic acids is 1. The molecule has 0 saturated heterocycles. The van der Waals surface area contributed by atoms with Crippen molar-refractivity contribution in [2.24, 2.45) is 5.10 Å². The minimum absolute atomic E-state index is 0.105. The van der Waals surface area contributed by atoms with Crippen molar-refractivity contribution in [2.75, 3.05) is 20.3 Å². The normalized spacial score (nSPS) is 10.6. The van der Waals surface area contributed by atoms with Gasteiger partial charge in [-0.05, 0) is 67.8 Å². The third kappa shape index (κ3) is 5.51. The molecule has 0 heterocycles. The van der Waals surface area contributed by atoms with Gasteiger partial charge in [0.15, 0.2) is 18.1 Å². The van der Waals surface area contributed by atoms with Crippen LogP contribution in [-0.4, -0.2) is 32.4 Å². The molecule has 2 aromatic carbocycles. The number of nitrogens with zero attached hydrogens (tertiary/aromatic N) is 1. The molecule has 0 aromatic heterocycles. The van der Waals surface area contributed by atoms with E-state index in [9.17, 15) is 4.79 Å². The first kappa shape index (κ1) is 19.3. The molecule has 0 atom stereocenters. The van der Waals surface area contributed by atoms with Gasteiger partial charge in [0.05, 0.1) is 19.9 Å². The lowest BCUT2D eigenvalue weighted by atomic mass is 10.1. The highest BCUT2D eigenvalue weighted by molar-refractivity contribution is 5.83. The zero-order valence-corrected chi connectivity index (χ0v) is 15.5. The monoisotopic (exact) mass is 356 g/mol. The number of methoxy groups -OCH3 is 1. The number of benzene rings is 2. The van der Waals surface area contributed by atoms with E-state index < -0.39 is 0 Å². The molecule has 0 bridgehead atoms. The van der Waals surface area contributed by atoms with E-state index in [1.54, 1.807) is 19.2 Å². The van der Waals surface area contributed by atoms with Crippen LogP contribution in [0.1, 0.15) is 23.6 Å². The second kappa shape index (κ2) is 9.46. The predicted octanol–water partition coefficient (Wildman–Crippen LogP) is 3.24. The van der Waals surface area contributed by atoms with Crippen molar-refractivity contribution >= 4 is 12.1 Å². The lowest BCUT2D eigenvalue weighted by molar-refractivity contribution is -0.123. The van der Waals surface area contributed by atoms with E-state index in [1.165, 1.54) is 11.8 Å². The molecule has 138 valence electrons. The molecular formula is C20H24N2O4. The van der Waals surface area contributed by atoms with Crippen molar-refractivity contribution in [2.45, 2.75) is 20.8 Å². The molecule has 0 spiro atoms. The van der Waals surface area contributed by atoms with Gasteiger partial charge in [0.2, 0.25) is 0 Å². The Hall–Kier alpha value is -3.02. The average molecular weight is 356 g/mol. The number of nitrogens with one attached hydrogen (secondary N) is 1. The molecule has 0 saturated carbocycles. The summed E-state index contributed by atoms with van der Waals surface area (Å²) in [6.45, 7) is 6.38. The highest BCUT2D eigenvalue weighted by Crippen LogP contribution is 2.27. The summed E-state index contributed by atoms with van der Waals surface area (Å²) in [5, 5.41) is 3.94. The third-order valence-electron chi connectivity index (χ3n) is 3.74. The van der Waals surface area contributed by atoms with Gasteiger partial charge in [-0.25, -0.2) is 5.43 Å². The second-order valence-corrected chi connectivity index (χ2v) is 5.67. The van der Waals surface area contributed by atoms with Gasteiger partial charge in [0, 0.05) is 0 Å². The number of hydrogen-bond donors (Lipinski definition) is 1. The molecule has 0 aliphatic carbocycles. The lowest BCUT2D eigenvalue weighted by Crippen LogP contribution is -2.24. The van der Waals surface area contributed by atoms with Crippen LogP contribution in [0.2, 0.25) is 0 Å². The quantitative estimate of drug-likeness (QED) is 0.582. The minimum Gasteiger partial charge on any atom is -0.493 e. The summed E-state index contributed by atoms with van der Waals surface area (Å²) >= 11 is 0. The topological polar surface area (TPSA) is 69.2 Å². The van der Waals surface area contributed by atoms with E-state index in [2.05, 4.69) is 10.5 Å². The molecule has 0 fully saturated rings. The van der Waals surface area contributed by atoms with Crippen molar-refractivity contribution in [3.63, 3.8) is 0 Å². The molecule has 26 heavy (non-hydrogen) atoms. The standard InChI is InChI=1S/C20H24N2O4/c1-5-25-18-9-7-16(11-19(18)24-4)12-21-22-20(23)13-26-17-8-6-14(2)15(3)10-17/h6-12H,5,13H2,1-4H3,(H,22,23). The Morgan fingerprint density at radius 3 is 2.58 bits per heavy atom. The van der Waals surface area contributed by atoms with Crippen LogP contribution >= 0.6 is 0 Å². The molecule has 6 heteroatoms. The molecule has 1 N–H and O–H groups in total. The summed E-state index contributed by atoms with van der Waals surface area (Å²) in [7, 11) is 1.57. The van der Waals surface area contributed by atoms with Gasteiger partial charge in [0.25, 0.3) is 5.91 Å². The molecule has 0 aliphatic rings. The highest BCUT2D eigenvalue weighted by atomic mass is 16.5. The Labute approximate surface area is 153 Å². The largest absolute Gasteiger partial charge is 0.493 e. The Morgan fingerprint density at radius 2 is 1.88 bits per heavy atom. The van der Waals surface area contributed by atoms with Crippen LogP contribution in [0.3, 0.4) is 0 Å². The highest BCUT2D eigenvalue weighted by Gasteiger charge is 2.05. The zero-order valence-electron chi connectivity index (χ0n) is 15.5. The van der Waals surface area contributed by atoms with Gasteiger partial charge in [-0.1, -0.05) is 6.07 Å². The van der Waals surface area contributed by atoms with Crippen LogP contribution in [0.4, 0.5) is 0 Å². The van der Waals surface area contributed by atoms with Crippen molar-refractivity contribution in [3.05, 3.63) is 53.1 Å². The Balaban J connectivity index is 1.87. The summed E-state index contributed by atoms with van der Waals surface area (Å²) < 4.78 is 16.2. The van der Waals surface area contributed by atoms with Crippen molar-refractivity contribution in [3.8, 4) is 17.2 Å². The fraction of sp³-hybridized carbons (Fsp3) is 0.300. The summed E-state index contributed by atoms with van der Waals surface area (Å²) in [5.41, 5.74) is 5.51. The maximum absolute atomic E-state index is 11.8. The Kier molecular flexibility index (Phi) is 7.02. The van der Waals surface area contributed by atoms with Gasteiger partial charge in [-0.3, -0.25) is 4.79 Å². The number of amides is 1. The molecular weight excluding hydrogens is 332 g/mol. The molecule has 0 unspecified atom stereocenters. The number of ether oxygens (including phenoxy) is 3. The fourth-order valence-electron chi connectivity index (χ4n) is 2.20. The van der Waals surface area contributed by atoms with Crippen LogP contribution in [0.5, 0.6) is 17.2 Å². The number of carbonyl (C=O) groups is 1. The smallest absolute Gasteiger partial charge is 0.277 e.